The Kier molecular flexibility index (Phi) is 6.39. The summed E-state index contributed by atoms with van der Waals surface area (Å²) in [5, 5.41) is 8.75. The number of carbonyl (C=O) groups is 1. The average molecular weight is 401 g/mol. The minimum absolute atomic E-state index is 0.247. The molecule has 0 saturated carbocycles. The van der Waals surface area contributed by atoms with Gasteiger partial charge in [0.1, 0.15) is 16.7 Å². The van der Waals surface area contributed by atoms with Crippen molar-refractivity contribution in [2.24, 2.45) is 5.10 Å². The number of aromatic nitrogens is 2. The van der Waals surface area contributed by atoms with Crippen LogP contribution in [0.15, 0.2) is 59.7 Å². The van der Waals surface area contributed by atoms with Gasteiger partial charge in [-0.2, -0.15) is 10.2 Å². The van der Waals surface area contributed by atoms with E-state index >= 15 is 0 Å². The van der Waals surface area contributed by atoms with Crippen molar-refractivity contribution in [2.45, 2.75) is 13.5 Å². The van der Waals surface area contributed by atoms with Crippen LogP contribution in [0.1, 0.15) is 16.8 Å². The first kappa shape index (κ1) is 19.6. The van der Waals surface area contributed by atoms with Crippen LogP contribution in [0.25, 0.3) is 0 Å². The molecule has 0 bridgehead atoms. The summed E-state index contributed by atoms with van der Waals surface area (Å²) in [6, 6.07) is 15.2. The number of aryl methyl sites for hydroxylation is 1. The summed E-state index contributed by atoms with van der Waals surface area (Å²) < 4.78 is 19.8. The quantitative estimate of drug-likeness (QED) is 0.487. The van der Waals surface area contributed by atoms with Gasteiger partial charge in [0.2, 0.25) is 0 Å². The highest BCUT2D eigenvalue weighted by atomic mass is 35.5. The minimum atomic E-state index is -0.453. The van der Waals surface area contributed by atoms with Gasteiger partial charge in [0.25, 0.3) is 5.91 Å². The van der Waals surface area contributed by atoms with Crippen molar-refractivity contribution in [3.05, 3.63) is 82.4 Å². The fourth-order valence-corrected chi connectivity index (χ4v) is 2.74. The zero-order valence-corrected chi connectivity index (χ0v) is 15.9. The number of amides is 1. The van der Waals surface area contributed by atoms with Crippen molar-refractivity contribution < 1.29 is 13.9 Å². The molecule has 1 N–H and O–H groups in total. The molecule has 0 unspecified atom stereocenters. The standard InChI is InChI=1S/C20H18ClFN4O2/c1-14-18(20(21)26(25-14)12-15-5-3-2-4-6-15)11-23-24-19(27)13-28-17-9-7-16(22)8-10-17/h2-11H,12-13H2,1H3,(H,24,27)/b23-11+. The summed E-state index contributed by atoms with van der Waals surface area (Å²) in [5.41, 5.74) is 4.75. The van der Waals surface area contributed by atoms with E-state index < -0.39 is 5.91 Å². The van der Waals surface area contributed by atoms with Crippen LogP contribution in [0.5, 0.6) is 5.75 Å². The molecule has 2 aromatic carbocycles. The number of nitrogens with one attached hydrogen (secondary N) is 1. The molecule has 0 fully saturated rings. The maximum atomic E-state index is 12.8. The molecule has 28 heavy (non-hydrogen) atoms. The van der Waals surface area contributed by atoms with Crippen LogP contribution in [0.4, 0.5) is 4.39 Å². The number of rotatable bonds is 7. The lowest BCUT2D eigenvalue weighted by Gasteiger charge is -2.04. The van der Waals surface area contributed by atoms with E-state index in [1.165, 1.54) is 30.5 Å². The summed E-state index contributed by atoms with van der Waals surface area (Å²) in [6.45, 7) is 2.10. The fourth-order valence-electron chi connectivity index (χ4n) is 2.46. The van der Waals surface area contributed by atoms with Crippen molar-refractivity contribution in [1.82, 2.24) is 15.2 Å². The molecule has 1 heterocycles. The van der Waals surface area contributed by atoms with Gasteiger partial charge in [-0.3, -0.25) is 4.79 Å². The molecule has 0 aliphatic carbocycles. The topological polar surface area (TPSA) is 68.5 Å². The number of hydrogen-bond donors (Lipinski definition) is 1. The SMILES string of the molecule is Cc1nn(Cc2ccccc2)c(Cl)c1/C=N/NC(=O)COc1ccc(F)cc1. The number of nitrogens with zero attached hydrogens (tertiary/aromatic N) is 3. The molecule has 0 atom stereocenters. The Labute approximate surface area is 166 Å². The van der Waals surface area contributed by atoms with E-state index in [1.54, 1.807) is 4.68 Å². The summed E-state index contributed by atoms with van der Waals surface area (Å²) in [5.74, 6) is -0.436. The number of hydrogen-bond acceptors (Lipinski definition) is 4. The van der Waals surface area contributed by atoms with Gasteiger partial charge in [-0.05, 0) is 36.8 Å². The van der Waals surface area contributed by atoms with Crippen molar-refractivity contribution in [3.8, 4) is 5.75 Å². The van der Waals surface area contributed by atoms with Crippen LogP contribution in [-0.2, 0) is 11.3 Å². The minimum Gasteiger partial charge on any atom is -0.484 e. The van der Waals surface area contributed by atoms with E-state index in [0.29, 0.717) is 28.7 Å². The Morgan fingerprint density at radius 3 is 2.68 bits per heavy atom. The fraction of sp³-hybridized carbons (Fsp3) is 0.150. The van der Waals surface area contributed by atoms with Crippen LogP contribution in [0.3, 0.4) is 0 Å². The van der Waals surface area contributed by atoms with E-state index in [9.17, 15) is 9.18 Å². The second-order valence-electron chi connectivity index (χ2n) is 5.97. The molecule has 1 aromatic heterocycles. The number of ether oxygens (including phenoxy) is 1. The summed E-state index contributed by atoms with van der Waals surface area (Å²) in [7, 11) is 0. The summed E-state index contributed by atoms with van der Waals surface area (Å²) >= 11 is 6.39. The Morgan fingerprint density at radius 2 is 1.96 bits per heavy atom. The van der Waals surface area contributed by atoms with Crippen LogP contribution in [0.2, 0.25) is 5.15 Å². The molecular weight excluding hydrogens is 383 g/mol. The van der Waals surface area contributed by atoms with Gasteiger partial charge in [0.05, 0.1) is 24.0 Å². The normalized spacial score (nSPS) is 11.0. The van der Waals surface area contributed by atoms with Crippen molar-refractivity contribution in [1.29, 1.82) is 0 Å². The Hall–Kier alpha value is -3.19. The van der Waals surface area contributed by atoms with E-state index in [0.717, 1.165) is 5.56 Å². The lowest BCUT2D eigenvalue weighted by atomic mass is 10.2. The Morgan fingerprint density at radius 1 is 1.25 bits per heavy atom. The highest BCUT2D eigenvalue weighted by Crippen LogP contribution is 2.19. The molecule has 3 aromatic rings. The van der Waals surface area contributed by atoms with Gasteiger partial charge < -0.3 is 4.74 Å². The van der Waals surface area contributed by atoms with E-state index in [4.69, 9.17) is 16.3 Å². The van der Waals surface area contributed by atoms with E-state index in [-0.39, 0.29) is 12.4 Å². The number of carbonyl (C=O) groups excluding carboxylic acids is 1. The molecule has 0 aliphatic rings. The van der Waals surface area contributed by atoms with Gasteiger partial charge >= 0.3 is 0 Å². The predicted octanol–water partition coefficient (Wildman–Crippen LogP) is 3.56. The molecule has 8 heteroatoms. The highest BCUT2D eigenvalue weighted by molar-refractivity contribution is 6.32. The van der Waals surface area contributed by atoms with Crippen LogP contribution < -0.4 is 10.2 Å². The molecule has 0 aliphatic heterocycles. The number of benzene rings is 2. The maximum Gasteiger partial charge on any atom is 0.277 e. The molecular formula is C20H18ClFN4O2. The molecule has 6 nitrogen and oxygen atoms in total. The van der Waals surface area contributed by atoms with Gasteiger partial charge in [0, 0.05) is 0 Å². The predicted molar refractivity (Wildman–Crippen MR) is 105 cm³/mol. The first-order valence-corrected chi connectivity index (χ1v) is 8.88. The molecule has 0 spiro atoms. The lowest BCUT2D eigenvalue weighted by molar-refractivity contribution is -0.123. The number of hydrazone groups is 1. The van der Waals surface area contributed by atoms with Crippen LogP contribution in [-0.4, -0.2) is 28.5 Å². The lowest BCUT2D eigenvalue weighted by Crippen LogP contribution is -2.24. The largest absolute Gasteiger partial charge is 0.484 e. The summed E-state index contributed by atoms with van der Waals surface area (Å²) in [4.78, 5) is 11.8. The third kappa shape index (κ3) is 5.17. The maximum absolute atomic E-state index is 12.8. The highest BCUT2D eigenvalue weighted by Gasteiger charge is 2.12. The Bertz CT molecular complexity index is 972. The molecule has 3 rings (SSSR count). The van der Waals surface area contributed by atoms with Crippen molar-refractivity contribution in [2.75, 3.05) is 6.61 Å². The van der Waals surface area contributed by atoms with E-state index in [1.807, 2.05) is 37.3 Å². The third-order valence-electron chi connectivity index (χ3n) is 3.85. The first-order chi connectivity index (χ1) is 13.5. The zero-order valence-electron chi connectivity index (χ0n) is 15.1. The van der Waals surface area contributed by atoms with E-state index in [2.05, 4.69) is 15.6 Å². The monoisotopic (exact) mass is 400 g/mol. The molecule has 0 saturated heterocycles. The van der Waals surface area contributed by atoms with Gasteiger partial charge in [-0.1, -0.05) is 41.9 Å². The summed E-state index contributed by atoms with van der Waals surface area (Å²) in [6.07, 6.45) is 1.45. The molecule has 0 radical (unpaired) electrons. The van der Waals surface area contributed by atoms with Gasteiger partial charge in [-0.25, -0.2) is 14.5 Å². The second-order valence-corrected chi connectivity index (χ2v) is 6.33. The molecule has 1 amide bonds. The smallest absolute Gasteiger partial charge is 0.277 e. The van der Waals surface area contributed by atoms with Crippen LogP contribution in [0, 0.1) is 12.7 Å². The second kappa shape index (κ2) is 9.14. The Balaban J connectivity index is 1.56. The molecule has 144 valence electrons. The zero-order chi connectivity index (χ0) is 19.9. The third-order valence-corrected chi connectivity index (χ3v) is 4.25. The van der Waals surface area contributed by atoms with Crippen molar-refractivity contribution >= 4 is 23.7 Å². The van der Waals surface area contributed by atoms with Gasteiger partial charge in [-0.15, -0.1) is 0 Å². The average Bonchev–Trinajstić information content (AvgIpc) is 2.95. The number of halogens is 2. The van der Waals surface area contributed by atoms with Crippen LogP contribution >= 0.6 is 11.6 Å². The van der Waals surface area contributed by atoms with Gasteiger partial charge in [0.15, 0.2) is 6.61 Å². The first-order valence-electron chi connectivity index (χ1n) is 8.50. The van der Waals surface area contributed by atoms with Crippen molar-refractivity contribution in [3.63, 3.8) is 0 Å².